The SMILES string of the molecule is C[C@H]1CN([C@@H](C)CO)C(=O)c2cc(C#Cc3ccccn3)cnc2O[C@H]1CN(C)C(=O)CCN1CCCCC1. The van der Waals surface area contributed by atoms with Crippen molar-refractivity contribution in [1.82, 2.24) is 24.7 Å². The van der Waals surface area contributed by atoms with Crippen LogP contribution in [0.5, 0.6) is 5.88 Å². The van der Waals surface area contributed by atoms with Crippen LogP contribution in [-0.2, 0) is 4.79 Å². The molecular weight excluding hydrogens is 494 g/mol. The number of piperidine rings is 1. The van der Waals surface area contributed by atoms with Crippen LogP contribution < -0.4 is 4.74 Å². The summed E-state index contributed by atoms with van der Waals surface area (Å²) < 4.78 is 6.33. The van der Waals surface area contributed by atoms with Crippen molar-refractivity contribution in [1.29, 1.82) is 0 Å². The first-order chi connectivity index (χ1) is 18.9. The van der Waals surface area contributed by atoms with E-state index in [1.54, 1.807) is 35.3 Å². The molecule has 2 aromatic rings. The molecule has 39 heavy (non-hydrogen) atoms. The minimum Gasteiger partial charge on any atom is -0.472 e. The summed E-state index contributed by atoms with van der Waals surface area (Å²) >= 11 is 0. The Balaban J connectivity index is 1.54. The fourth-order valence-electron chi connectivity index (χ4n) is 4.96. The highest BCUT2D eigenvalue weighted by Gasteiger charge is 2.34. The van der Waals surface area contributed by atoms with E-state index in [2.05, 4.69) is 26.7 Å². The number of carbonyl (C=O) groups is 2. The molecule has 2 amide bonds. The molecule has 1 saturated heterocycles. The Bertz CT molecular complexity index is 1190. The smallest absolute Gasteiger partial charge is 0.259 e. The van der Waals surface area contributed by atoms with E-state index < -0.39 is 6.04 Å². The summed E-state index contributed by atoms with van der Waals surface area (Å²) in [7, 11) is 1.80. The third kappa shape index (κ3) is 7.55. The number of aromatic nitrogens is 2. The van der Waals surface area contributed by atoms with Crippen LogP contribution in [-0.4, -0.2) is 100 Å². The molecule has 0 aromatic carbocycles. The quantitative estimate of drug-likeness (QED) is 0.546. The molecule has 4 rings (SSSR count). The minimum absolute atomic E-state index is 0.0726. The summed E-state index contributed by atoms with van der Waals surface area (Å²) in [5.41, 5.74) is 1.46. The first kappa shape index (κ1) is 28.5. The summed E-state index contributed by atoms with van der Waals surface area (Å²) in [6.45, 7) is 7.29. The van der Waals surface area contributed by atoms with Crippen LogP contribution in [0.3, 0.4) is 0 Å². The Morgan fingerprint density at radius 1 is 1.23 bits per heavy atom. The van der Waals surface area contributed by atoms with Crippen molar-refractivity contribution in [2.45, 2.75) is 51.7 Å². The van der Waals surface area contributed by atoms with Gasteiger partial charge in [0.05, 0.1) is 19.2 Å². The minimum atomic E-state index is -0.390. The summed E-state index contributed by atoms with van der Waals surface area (Å²) in [5.74, 6) is 5.94. The van der Waals surface area contributed by atoms with Crippen molar-refractivity contribution in [3.63, 3.8) is 0 Å². The largest absolute Gasteiger partial charge is 0.472 e. The summed E-state index contributed by atoms with van der Waals surface area (Å²) in [6, 6.07) is 6.78. The zero-order valence-electron chi connectivity index (χ0n) is 23.2. The molecule has 9 nitrogen and oxygen atoms in total. The number of likely N-dealkylation sites (N-methyl/N-ethyl adjacent to an activating group) is 1. The van der Waals surface area contributed by atoms with Gasteiger partial charge in [-0.15, -0.1) is 0 Å². The van der Waals surface area contributed by atoms with Gasteiger partial charge in [0, 0.05) is 50.4 Å². The number of hydrogen-bond donors (Lipinski definition) is 1. The van der Waals surface area contributed by atoms with E-state index in [1.807, 2.05) is 32.0 Å². The van der Waals surface area contributed by atoms with Gasteiger partial charge in [0.1, 0.15) is 17.4 Å². The van der Waals surface area contributed by atoms with Crippen molar-refractivity contribution in [3.8, 4) is 17.7 Å². The number of pyridine rings is 2. The van der Waals surface area contributed by atoms with E-state index in [0.29, 0.717) is 36.3 Å². The average molecular weight is 534 g/mol. The lowest BCUT2D eigenvalue weighted by Crippen LogP contribution is -2.50. The number of aliphatic hydroxyl groups excluding tert-OH is 1. The molecule has 0 radical (unpaired) electrons. The summed E-state index contributed by atoms with van der Waals surface area (Å²) in [4.78, 5) is 41.0. The number of amides is 2. The molecule has 1 fully saturated rings. The van der Waals surface area contributed by atoms with Gasteiger partial charge in [0.25, 0.3) is 5.91 Å². The van der Waals surface area contributed by atoms with E-state index in [1.165, 1.54) is 19.3 Å². The third-order valence-electron chi connectivity index (χ3n) is 7.49. The van der Waals surface area contributed by atoms with Crippen LogP contribution in [0, 0.1) is 17.8 Å². The van der Waals surface area contributed by atoms with Crippen LogP contribution in [0.15, 0.2) is 36.7 Å². The van der Waals surface area contributed by atoms with Crippen LogP contribution in [0.1, 0.15) is 61.1 Å². The maximum atomic E-state index is 13.6. The summed E-state index contributed by atoms with van der Waals surface area (Å²) in [5, 5.41) is 9.89. The second-order valence-corrected chi connectivity index (χ2v) is 10.6. The molecule has 0 aliphatic carbocycles. The van der Waals surface area contributed by atoms with Gasteiger partial charge < -0.3 is 24.5 Å². The van der Waals surface area contributed by atoms with Crippen LogP contribution in [0.2, 0.25) is 0 Å². The number of hydrogen-bond acceptors (Lipinski definition) is 7. The molecule has 0 spiro atoms. The molecule has 208 valence electrons. The van der Waals surface area contributed by atoms with Crippen molar-refractivity contribution >= 4 is 11.8 Å². The maximum Gasteiger partial charge on any atom is 0.259 e. The number of nitrogens with zero attached hydrogens (tertiary/aromatic N) is 5. The Kier molecular flexibility index (Phi) is 9.90. The highest BCUT2D eigenvalue weighted by Crippen LogP contribution is 2.27. The second kappa shape index (κ2) is 13.5. The van der Waals surface area contributed by atoms with Crippen LogP contribution in [0.25, 0.3) is 0 Å². The topological polar surface area (TPSA) is 99.1 Å². The van der Waals surface area contributed by atoms with E-state index >= 15 is 0 Å². The van der Waals surface area contributed by atoms with E-state index in [9.17, 15) is 14.7 Å². The third-order valence-corrected chi connectivity index (χ3v) is 7.49. The lowest BCUT2D eigenvalue weighted by atomic mass is 9.99. The number of aliphatic hydroxyl groups is 1. The molecule has 9 heteroatoms. The van der Waals surface area contributed by atoms with Gasteiger partial charge >= 0.3 is 0 Å². The first-order valence-corrected chi connectivity index (χ1v) is 13.8. The monoisotopic (exact) mass is 533 g/mol. The number of ether oxygens (including phenoxy) is 1. The number of fused-ring (bicyclic) bond motifs is 1. The molecule has 1 N–H and O–H groups in total. The Hall–Kier alpha value is -3.48. The second-order valence-electron chi connectivity index (χ2n) is 10.6. The highest BCUT2D eigenvalue weighted by molar-refractivity contribution is 5.97. The van der Waals surface area contributed by atoms with Gasteiger partial charge in [-0.05, 0) is 57.0 Å². The number of rotatable bonds is 7. The first-order valence-electron chi connectivity index (χ1n) is 13.8. The Morgan fingerprint density at radius 2 is 2.03 bits per heavy atom. The predicted octanol–water partition coefficient (Wildman–Crippen LogP) is 2.43. The molecule has 0 bridgehead atoms. The average Bonchev–Trinajstić information content (AvgIpc) is 2.97. The fourth-order valence-corrected chi connectivity index (χ4v) is 4.96. The van der Waals surface area contributed by atoms with Gasteiger partial charge in [-0.1, -0.05) is 25.3 Å². The standard InChI is InChI=1S/C30H39N5O4/c1-22-19-35(23(2)21-36)30(38)26-17-24(10-11-25-9-5-6-13-31-25)18-32-29(26)39-27(22)20-33(3)28(37)12-16-34-14-7-4-8-15-34/h5-6,9,13,17-18,22-23,27,36H,4,7-8,12,14-16,19-21H2,1-3H3/t22-,23-,27-/m0/s1. The highest BCUT2D eigenvalue weighted by atomic mass is 16.5. The zero-order valence-corrected chi connectivity index (χ0v) is 23.2. The predicted molar refractivity (Wildman–Crippen MR) is 148 cm³/mol. The van der Waals surface area contributed by atoms with Crippen molar-refractivity contribution in [2.24, 2.45) is 5.92 Å². The maximum absolute atomic E-state index is 13.6. The molecule has 0 saturated carbocycles. The van der Waals surface area contributed by atoms with Gasteiger partial charge in [-0.2, -0.15) is 0 Å². The molecule has 2 aliphatic rings. The molecule has 0 unspecified atom stereocenters. The van der Waals surface area contributed by atoms with Gasteiger partial charge in [-0.3, -0.25) is 9.59 Å². The van der Waals surface area contributed by atoms with E-state index in [0.717, 1.165) is 19.6 Å². The van der Waals surface area contributed by atoms with Crippen LogP contribution >= 0.6 is 0 Å². The molecule has 4 heterocycles. The fraction of sp³-hybridized carbons (Fsp3) is 0.533. The Labute approximate surface area is 231 Å². The van der Waals surface area contributed by atoms with Gasteiger partial charge in [0.15, 0.2) is 0 Å². The van der Waals surface area contributed by atoms with Gasteiger partial charge in [-0.25, -0.2) is 9.97 Å². The lowest BCUT2D eigenvalue weighted by Gasteiger charge is -2.37. The molecule has 2 aromatic heterocycles. The number of likely N-dealkylation sites (tertiary alicyclic amines) is 1. The molecule has 2 aliphatic heterocycles. The van der Waals surface area contributed by atoms with Crippen molar-refractivity contribution in [3.05, 3.63) is 53.5 Å². The Morgan fingerprint density at radius 3 is 2.74 bits per heavy atom. The number of carbonyl (C=O) groups excluding carboxylic acids is 2. The zero-order chi connectivity index (χ0) is 27.8. The van der Waals surface area contributed by atoms with Gasteiger partial charge in [0.2, 0.25) is 11.8 Å². The van der Waals surface area contributed by atoms with Crippen molar-refractivity contribution < 1.29 is 19.4 Å². The van der Waals surface area contributed by atoms with Crippen molar-refractivity contribution in [2.75, 3.05) is 46.4 Å². The van der Waals surface area contributed by atoms with E-state index in [-0.39, 0.29) is 36.3 Å². The summed E-state index contributed by atoms with van der Waals surface area (Å²) in [6.07, 6.45) is 7.00. The lowest BCUT2D eigenvalue weighted by molar-refractivity contribution is -0.131. The molecule has 3 atom stereocenters. The normalized spacial score (nSPS) is 20.5. The molecular formula is C30H39N5O4. The van der Waals surface area contributed by atoms with E-state index in [4.69, 9.17) is 4.74 Å². The van der Waals surface area contributed by atoms with Crippen LogP contribution in [0.4, 0.5) is 0 Å².